The van der Waals surface area contributed by atoms with Crippen LogP contribution in [0.5, 0.6) is 0 Å². The van der Waals surface area contributed by atoms with Gasteiger partial charge in [-0.2, -0.15) is 0 Å². The fraction of sp³-hybridized carbons (Fsp3) is 0.778. The minimum absolute atomic E-state index is 0.0493. The molecular formula is C45H82NO8P. The van der Waals surface area contributed by atoms with Gasteiger partial charge in [-0.25, -0.2) is 4.57 Å². The quantitative estimate of drug-likeness (QED) is 0.0268. The molecule has 0 aromatic rings. The van der Waals surface area contributed by atoms with Crippen LogP contribution in [0.2, 0.25) is 0 Å². The molecule has 0 aliphatic rings. The van der Waals surface area contributed by atoms with E-state index in [1.165, 1.54) is 103 Å². The summed E-state index contributed by atoms with van der Waals surface area (Å²) in [5, 5.41) is 0. The molecule has 0 rings (SSSR count). The molecule has 10 heteroatoms. The zero-order chi connectivity index (χ0) is 40.3. The van der Waals surface area contributed by atoms with Gasteiger partial charge >= 0.3 is 19.8 Å². The van der Waals surface area contributed by atoms with Crippen molar-refractivity contribution in [2.75, 3.05) is 26.4 Å². The van der Waals surface area contributed by atoms with Gasteiger partial charge in [0, 0.05) is 19.4 Å². The van der Waals surface area contributed by atoms with Gasteiger partial charge in [-0.05, 0) is 32.1 Å². The van der Waals surface area contributed by atoms with E-state index in [1.807, 2.05) is 30.4 Å². The summed E-state index contributed by atoms with van der Waals surface area (Å²) >= 11 is 0. The standard InChI is InChI=1S/C45H82NO8P/c1-3-5-7-9-11-13-15-17-19-20-21-22-24-26-28-30-32-34-36-38-45(48)54-43(42-53-55(49,50)52-40-39-46)41-51-44(47)37-35-33-31-29-27-25-23-18-16-14-12-10-8-6-4-2/h6,8,10,12,14,16,18,23,43H,3-5,7,9,11,13,15,17,19-22,24-42,46H2,1-2H3,(H,49,50)/b8-6+,12-10+,16-14+,23-18+/t43-/m1/s1. The number of phosphoric ester groups is 1. The van der Waals surface area contributed by atoms with Gasteiger partial charge in [0.2, 0.25) is 0 Å². The molecule has 320 valence electrons. The second kappa shape index (κ2) is 41.6. The summed E-state index contributed by atoms with van der Waals surface area (Å²) in [7, 11) is -4.38. The zero-order valence-electron chi connectivity index (χ0n) is 35.2. The molecule has 9 nitrogen and oxygen atoms in total. The Balaban J connectivity index is 4.14. The van der Waals surface area contributed by atoms with Crippen LogP contribution in [0.1, 0.15) is 194 Å². The van der Waals surface area contributed by atoms with Crippen molar-refractivity contribution in [3.63, 3.8) is 0 Å². The third-order valence-electron chi connectivity index (χ3n) is 9.32. The predicted octanol–water partition coefficient (Wildman–Crippen LogP) is 12.7. The van der Waals surface area contributed by atoms with Crippen LogP contribution >= 0.6 is 7.82 Å². The van der Waals surface area contributed by atoms with Crippen molar-refractivity contribution in [3.05, 3.63) is 48.6 Å². The number of hydrogen-bond donors (Lipinski definition) is 2. The van der Waals surface area contributed by atoms with Crippen LogP contribution in [0.3, 0.4) is 0 Å². The van der Waals surface area contributed by atoms with E-state index in [0.29, 0.717) is 12.8 Å². The number of rotatable bonds is 41. The second-order valence-corrected chi connectivity index (χ2v) is 16.1. The van der Waals surface area contributed by atoms with Crippen molar-refractivity contribution in [3.8, 4) is 0 Å². The molecule has 0 aromatic heterocycles. The Hall–Kier alpha value is -2.03. The van der Waals surface area contributed by atoms with Gasteiger partial charge < -0.3 is 20.1 Å². The molecule has 3 N–H and O–H groups in total. The zero-order valence-corrected chi connectivity index (χ0v) is 36.0. The van der Waals surface area contributed by atoms with Crippen molar-refractivity contribution in [1.82, 2.24) is 0 Å². The molecule has 0 fully saturated rings. The highest BCUT2D eigenvalue weighted by Crippen LogP contribution is 2.43. The van der Waals surface area contributed by atoms with E-state index in [0.717, 1.165) is 51.4 Å². The third kappa shape index (κ3) is 41.4. The van der Waals surface area contributed by atoms with Gasteiger partial charge in [0.1, 0.15) is 6.61 Å². The lowest BCUT2D eigenvalue weighted by Gasteiger charge is -2.19. The molecule has 0 aliphatic heterocycles. The molecule has 0 radical (unpaired) electrons. The average molecular weight is 796 g/mol. The topological polar surface area (TPSA) is 134 Å². The lowest BCUT2D eigenvalue weighted by Crippen LogP contribution is -2.29. The van der Waals surface area contributed by atoms with Gasteiger partial charge in [-0.15, -0.1) is 0 Å². The normalized spacial score (nSPS) is 13.7. The molecule has 0 spiro atoms. The smallest absolute Gasteiger partial charge is 0.462 e. The van der Waals surface area contributed by atoms with Crippen LogP contribution in [-0.2, 0) is 32.7 Å². The maximum atomic E-state index is 12.6. The Morgan fingerprint density at radius 2 is 1.00 bits per heavy atom. The largest absolute Gasteiger partial charge is 0.472 e. The third-order valence-corrected chi connectivity index (χ3v) is 10.3. The van der Waals surface area contributed by atoms with E-state index in [4.69, 9.17) is 24.3 Å². The number of unbranched alkanes of at least 4 members (excludes halogenated alkanes) is 23. The maximum Gasteiger partial charge on any atom is 0.472 e. The van der Waals surface area contributed by atoms with Gasteiger partial charge in [0.15, 0.2) is 6.10 Å². The first-order valence-electron chi connectivity index (χ1n) is 22.2. The predicted molar refractivity (Wildman–Crippen MR) is 229 cm³/mol. The molecule has 0 saturated carbocycles. The molecule has 0 aliphatic carbocycles. The number of nitrogens with two attached hydrogens (primary N) is 1. The van der Waals surface area contributed by atoms with E-state index < -0.39 is 32.5 Å². The Morgan fingerprint density at radius 1 is 0.564 bits per heavy atom. The number of allylic oxidation sites excluding steroid dienone is 8. The first-order chi connectivity index (χ1) is 26.8. The van der Waals surface area contributed by atoms with Crippen molar-refractivity contribution in [2.24, 2.45) is 5.73 Å². The minimum atomic E-state index is -4.38. The molecule has 0 bridgehead atoms. The van der Waals surface area contributed by atoms with E-state index in [1.54, 1.807) is 0 Å². The van der Waals surface area contributed by atoms with Gasteiger partial charge in [-0.3, -0.25) is 18.6 Å². The summed E-state index contributed by atoms with van der Waals surface area (Å²) in [5.74, 6) is -0.852. The maximum absolute atomic E-state index is 12.6. The first-order valence-corrected chi connectivity index (χ1v) is 23.7. The first kappa shape index (κ1) is 53.0. The number of hydrogen-bond acceptors (Lipinski definition) is 8. The van der Waals surface area contributed by atoms with E-state index >= 15 is 0 Å². The highest BCUT2D eigenvalue weighted by atomic mass is 31.2. The van der Waals surface area contributed by atoms with Gasteiger partial charge in [0.05, 0.1) is 13.2 Å². The molecular weight excluding hydrogens is 713 g/mol. The van der Waals surface area contributed by atoms with Crippen LogP contribution in [-0.4, -0.2) is 49.3 Å². The second-order valence-electron chi connectivity index (χ2n) is 14.6. The average Bonchev–Trinajstić information content (AvgIpc) is 3.17. The summed E-state index contributed by atoms with van der Waals surface area (Å²) in [6.07, 6.45) is 47.1. The summed E-state index contributed by atoms with van der Waals surface area (Å²) in [6, 6.07) is 0. The number of carbonyl (C=O) groups is 2. The van der Waals surface area contributed by atoms with Crippen molar-refractivity contribution < 1.29 is 37.6 Å². The Labute approximate surface area is 336 Å². The number of esters is 2. The number of carbonyl (C=O) groups excluding carboxylic acids is 2. The lowest BCUT2D eigenvalue weighted by atomic mass is 10.0. The summed E-state index contributed by atoms with van der Waals surface area (Å²) in [6.45, 7) is 3.58. The highest BCUT2D eigenvalue weighted by molar-refractivity contribution is 7.47. The van der Waals surface area contributed by atoms with Crippen LogP contribution in [0.25, 0.3) is 0 Å². The van der Waals surface area contributed by atoms with Crippen molar-refractivity contribution in [1.29, 1.82) is 0 Å². The van der Waals surface area contributed by atoms with Crippen LogP contribution in [0.15, 0.2) is 48.6 Å². The van der Waals surface area contributed by atoms with Gasteiger partial charge in [-0.1, -0.05) is 197 Å². The summed E-state index contributed by atoms with van der Waals surface area (Å²) < 4.78 is 32.8. The van der Waals surface area contributed by atoms with Gasteiger partial charge in [0.25, 0.3) is 0 Å². The molecule has 0 amide bonds. The van der Waals surface area contributed by atoms with Crippen LogP contribution in [0, 0.1) is 0 Å². The monoisotopic (exact) mass is 796 g/mol. The van der Waals surface area contributed by atoms with Crippen molar-refractivity contribution in [2.45, 2.75) is 200 Å². The minimum Gasteiger partial charge on any atom is -0.462 e. The van der Waals surface area contributed by atoms with E-state index in [2.05, 4.69) is 32.1 Å². The fourth-order valence-electron chi connectivity index (χ4n) is 6.06. The van der Waals surface area contributed by atoms with Crippen LogP contribution < -0.4 is 5.73 Å². The number of ether oxygens (including phenoxy) is 2. The Kier molecular flexibility index (Phi) is 40.1. The van der Waals surface area contributed by atoms with E-state index in [9.17, 15) is 19.0 Å². The Morgan fingerprint density at radius 3 is 1.49 bits per heavy atom. The molecule has 0 saturated heterocycles. The fourth-order valence-corrected chi connectivity index (χ4v) is 6.82. The molecule has 0 aromatic carbocycles. The molecule has 1 unspecified atom stereocenters. The van der Waals surface area contributed by atoms with Crippen LogP contribution in [0.4, 0.5) is 0 Å². The highest BCUT2D eigenvalue weighted by Gasteiger charge is 2.26. The summed E-state index contributed by atoms with van der Waals surface area (Å²) in [5.41, 5.74) is 5.35. The number of phosphoric acid groups is 1. The molecule has 2 atom stereocenters. The molecule has 0 heterocycles. The molecule has 55 heavy (non-hydrogen) atoms. The summed E-state index contributed by atoms with van der Waals surface area (Å²) in [4.78, 5) is 34.9. The van der Waals surface area contributed by atoms with E-state index in [-0.39, 0.29) is 32.6 Å². The SMILES string of the molecule is CC/C=C/C=C/C=C/C=C/CCCCCCCC(=O)OC[C@H](COP(=O)(O)OCCN)OC(=O)CCCCCCCCCCCCCCCCCCCCC. The van der Waals surface area contributed by atoms with Crippen molar-refractivity contribution >= 4 is 19.8 Å². The Bertz CT molecular complexity index is 1040. The lowest BCUT2D eigenvalue weighted by molar-refractivity contribution is -0.161.